The molecule has 0 radical (unpaired) electrons. The van der Waals surface area contributed by atoms with E-state index in [-0.39, 0.29) is 5.92 Å². The van der Waals surface area contributed by atoms with E-state index in [4.69, 9.17) is 11.6 Å². The Morgan fingerprint density at radius 2 is 2.10 bits per heavy atom. The van der Waals surface area contributed by atoms with E-state index in [0.29, 0.717) is 16.1 Å². The lowest BCUT2D eigenvalue weighted by atomic mass is 9.93. The van der Waals surface area contributed by atoms with Crippen molar-refractivity contribution in [2.45, 2.75) is 26.7 Å². The Hall–Kier alpha value is -2.05. The number of aromatic nitrogens is 2. The number of fused-ring (bicyclic) bond motifs is 3. The lowest BCUT2D eigenvalue weighted by Gasteiger charge is -2.14. The summed E-state index contributed by atoms with van der Waals surface area (Å²) >= 11 is 6.62. The first-order chi connectivity index (χ1) is 9.56. The van der Waals surface area contributed by atoms with Crippen molar-refractivity contribution >= 4 is 28.3 Å². The first kappa shape index (κ1) is 13.0. The number of benzene rings is 1. The van der Waals surface area contributed by atoms with Gasteiger partial charge in [-0.05, 0) is 36.1 Å². The van der Waals surface area contributed by atoms with Crippen LogP contribution in [0.25, 0.3) is 16.7 Å². The second-order valence-corrected chi connectivity index (χ2v) is 5.61. The smallest absolute Gasteiger partial charge is 0.138 e. The highest BCUT2D eigenvalue weighted by molar-refractivity contribution is 6.36. The molecule has 0 saturated carbocycles. The summed E-state index contributed by atoms with van der Waals surface area (Å²) in [6.07, 6.45) is 1.93. The molecule has 20 heavy (non-hydrogen) atoms. The number of nitriles is 1. The van der Waals surface area contributed by atoms with Crippen molar-refractivity contribution in [2.24, 2.45) is 0 Å². The van der Waals surface area contributed by atoms with Gasteiger partial charge in [-0.3, -0.25) is 4.40 Å². The Balaban J connectivity index is 2.63. The lowest BCUT2D eigenvalue weighted by molar-refractivity contribution is 0.857. The van der Waals surface area contributed by atoms with Gasteiger partial charge in [0, 0.05) is 6.20 Å². The fourth-order valence-electron chi connectivity index (χ4n) is 2.81. The van der Waals surface area contributed by atoms with Gasteiger partial charge < -0.3 is 0 Å². The number of rotatable bonds is 1. The quantitative estimate of drug-likeness (QED) is 0.662. The molecule has 0 aliphatic rings. The molecular weight excluding hydrogens is 270 g/mol. The molecule has 0 unspecified atom stereocenters. The molecular formula is C16H14ClN3. The van der Waals surface area contributed by atoms with Crippen molar-refractivity contribution in [1.29, 1.82) is 5.26 Å². The summed E-state index contributed by atoms with van der Waals surface area (Å²) in [7, 11) is 0. The number of hydrogen-bond donors (Lipinski definition) is 0. The van der Waals surface area contributed by atoms with Gasteiger partial charge >= 0.3 is 0 Å². The Kier molecular flexibility index (Phi) is 2.92. The molecule has 0 bridgehead atoms. The summed E-state index contributed by atoms with van der Waals surface area (Å²) in [5.74, 6) is 0.258. The maximum atomic E-state index is 9.50. The molecule has 0 spiro atoms. The predicted octanol–water partition coefficient (Wildman–Crippen LogP) is 4.44. The molecule has 2 aromatic heterocycles. The molecule has 3 aromatic rings. The minimum absolute atomic E-state index is 0.258. The van der Waals surface area contributed by atoms with Gasteiger partial charge in [-0.2, -0.15) is 5.26 Å². The van der Waals surface area contributed by atoms with Crippen LogP contribution in [0.15, 0.2) is 24.4 Å². The highest BCUT2D eigenvalue weighted by Gasteiger charge is 2.21. The van der Waals surface area contributed by atoms with Crippen LogP contribution in [0.1, 0.15) is 36.5 Å². The zero-order valence-electron chi connectivity index (χ0n) is 11.6. The van der Waals surface area contributed by atoms with Crippen LogP contribution in [-0.4, -0.2) is 9.38 Å². The third kappa shape index (κ3) is 1.62. The van der Waals surface area contributed by atoms with Crippen LogP contribution in [-0.2, 0) is 0 Å². The molecule has 4 heteroatoms. The molecule has 3 nitrogen and oxygen atoms in total. The molecule has 0 fully saturated rings. The van der Waals surface area contributed by atoms with Crippen molar-refractivity contribution in [3.05, 3.63) is 46.1 Å². The molecule has 0 aliphatic carbocycles. The normalized spacial score (nSPS) is 11.4. The van der Waals surface area contributed by atoms with Crippen LogP contribution in [0.3, 0.4) is 0 Å². The highest BCUT2D eigenvalue weighted by atomic mass is 35.5. The Bertz CT molecular complexity index is 869. The zero-order valence-corrected chi connectivity index (χ0v) is 12.4. The number of hydrogen-bond acceptors (Lipinski definition) is 2. The van der Waals surface area contributed by atoms with E-state index < -0.39 is 0 Å². The summed E-state index contributed by atoms with van der Waals surface area (Å²) in [6, 6.07) is 8.07. The van der Waals surface area contributed by atoms with Crippen LogP contribution in [0.4, 0.5) is 0 Å². The van der Waals surface area contributed by atoms with Gasteiger partial charge in [0.2, 0.25) is 0 Å². The number of imidazole rings is 1. The monoisotopic (exact) mass is 283 g/mol. The molecule has 0 amide bonds. The van der Waals surface area contributed by atoms with Crippen LogP contribution in [0.2, 0.25) is 5.02 Å². The number of nitrogens with zero attached hydrogens (tertiary/aromatic N) is 3. The summed E-state index contributed by atoms with van der Waals surface area (Å²) in [6.45, 7) is 6.12. The van der Waals surface area contributed by atoms with E-state index in [1.165, 1.54) is 0 Å². The van der Waals surface area contributed by atoms with Gasteiger partial charge in [0.05, 0.1) is 16.1 Å². The van der Waals surface area contributed by atoms with Crippen LogP contribution in [0.5, 0.6) is 0 Å². The largest absolute Gasteiger partial charge is 0.298 e. The van der Waals surface area contributed by atoms with Crippen molar-refractivity contribution in [2.75, 3.05) is 0 Å². The summed E-state index contributed by atoms with van der Waals surface area (Å²) < 4.78 is 1.95. The lowest BCUT2D eigenvalue weighted by Crippen LogP contribution is -1.99. The van der Waals surface area contributed by atoms with Gasteiger partial charge in [0.1, 0.15) is 17.2 Å². The maximum absolute atomic E-state index is 9.50. The van der Waals surface area contributed by atoms with E-state index in [0.717, 1.165) is 22.3 Å². The molecule has 3 rings (SSSR count). The minimum atomic E-state index is 0.258. The van der Waals surface area contributed by atoms with Crippen molar-refractivity contribution in [3.63, 3.8) is 0 Å². The summed E-state index contributed by atoms with van der Waals surface area (Å²) in [4.78, 5) is 4.56. The minimum Gasteiger partial charge on any atom is -0.298 e. The zero-order chi connectivity index (χ0) is 14.4. The van der Waals surface area contributed by atoms with Gasteiger partial charge in [-0.25, -0.2) is 4.98 Å². The van der Waals surface area contributed by atoms with E-state index in [9.17, 15) is 5.26 Å². The third-order valence-corrected chi connectivity index (χ3v) is 4.06. The SMILES string of the molecule is Cc1c(C(C)C)c(Cl)c2c(nc3ccccn32)c1C#N. The van der Waals surface area contributed by atoms with Crippen LogP contribution >= 0.6 is 11.6 Å². The molecule has 0 N–H and O–H groups in total. The second-order valence-electron chi connectivity index (χ2n) is 5.23. The van der Waals surface area contributed by atoms with Gasteiger partial charge in [0.25, 0.3) is 0 Å². The fraction of sp³-hybridized carbons (Fsp3) is 0.250. The van der Waals surface area contributed by atoms with Gasteiger partial charge in [0.15, 0.2) is 0 Å². The standard InChI is InChI=1S/C16H14ClN3/c1-9(2)13-10(3)11(8-18)15-16(14(13)17)20-7-5-4-6-12(20)19-15/h4-7,9H,1-3H3. The highest BCUT2D eigenvalue weighted by Crippen LogP contribution is 2.37. The second kappa shape index (κ2) is 4.50. The molecule has 1 aromatic carbocycles. The molecule has 0 atom stereocenters. The molecule has 0 saturated heterocycles. The molecule has 100 valence electrons. The van der Waals surface area contributed by atoms with Gasteiger partial charge in [-0.1, -0.05) is 31.5 Å². The first-order valence-corrected chi connectivity index (χ1v) is 6.93. The number of halogens is 1. The molecule has 2 heterocycles. The van der Waals surface area contributed by atoms with Gasteiger partial charge in [-0.15, -0.1) is 0 Å². The van der Waals surface area contributed by atoms with Crippen molar-refractivity contribution in [1.82, 2.24) is 9.38 Å². The number of pyridine rings is 1. The van der Waals surface area contributed by atoms with Crippen LogP contribution in [0, 0.1) is 18.3 Å². The summed E-state index contributed by atoms with van der Waals surface area (Å²) in [5.41, 5.74) is 4.90. The summed E-state index contributed by atoms with van der Waals surface area (Å²) in [5, 5.41) is 10.2. The van der Waals surface area contributed by atoms with E-state index in [2.05, 4.69) is 24.9 Å². The first-order valence-electron chi connectivity index (χ1n) is 6.55. The van der Waals surface area contributed by atoms with E-state index >= 15 is 0 Å². The Labute approximate surface area is 122 Å². The maximum Gasteiger partial charge on any atom is 0.138 e. The topological polar surface area (TPSA) is 41.1 Å². The Morgan fingerprint density at radius 1 is 1.35 bits per heavy atom. The third-order valence-electron chi connectivity index (χ3n) is 3.68. The van der Waals surface area contributed by atoms with Crippen molar-refractivity contribution in [3.8, 4) is 6.07 Å². The van der Waals surface area contributed by atoms with E-state index in [1.54, 1.807) is 0 Å². The predicted molar refractivity (Wildman–Crippen MR) is 81.2 cm³/mol. The fourth-order valence-corrected chi connectivity index (χ4v) is 3.35. The average molecular weight is 284 g/mol. The van der Waals surface area contributed by atoms with Crippen LogP contribution < -0.4 is 0 Å². The Morgan fingerprint density at radius 3 is 2.75 bits per heavy atom. The van der Waals surface area contributed by atoms with Crippen molar-refractivity contribution < 1.29 is 0 Å². The van der Waals surface area contributed by atoms with E-state index in [1.807, 2.05) is 35.7 Å². The average Bonchev–Trinajstić information content (AvgIpc) is 2.78. The molecule has 0 aliphatic heterocycles.